The quantitative estimate of drug-likeness (QED) is 0.670. The van der Waals surface area contributed by atoms with Gasteiger partial charge in [-0.05, 0) is 30.7 Å². The summed E-state index contributed by atoms with van der Waals surface area (Å²) in [7, 11) is 0. The number of hydrogen-bond acceptors (Lipinski definition) is 2. The molecule has 102 valence electrons. The van der Waals surface area contributed by atoms with E-state index in [9.17, 15) is 0 Å². The number of halogens is 2. The number of pyridine rings is 1. The van der Waals surface area contributed by atoms with Gasteiger partial charge < -0.3 is 4.57 Å². The fraction of sp³-hybridized carbons (Fsp3) is 0.200. The predicted molar refractivity (Wildman–Crippen MR) is 82.4 cm³/mol. The number of aromatic nitrogens is 3. The monoisotopic (exact) mass is 305 g/mol. The van der Waals surface area contributed by atoms with Gasteiger partial charge in [-0.1, -0.05) is 23.7 Å². The molecule has 0 saturated heterocycles. The molecule has 0 aliphatic heterocycles. The first kappa shape index (κ1) is 13.4. The Bertz CT molecular complexity index is 737. The van der Waals surface area contributed by atoms with Gasteiger partial charge in [-0.15, -0.1) is 11.6 Å². The molecule has 1 unspecified atom stereocenters. The van der Waals surface area contributed by atoms with Crippen LogP contribution in [0.5, 0.6) is 0 Å². The summed E-state index contributed by atoms with van der Waals surface area (Å²) in [6, 6.07) is 9.75. The third kappa shape index (κ3) is 2.17. The summed E-state index contributed by atoms with van der Waals surface area (Å²) in [5, 5.41) is 0.683. The molecule has 3 nitrogen and oxygen atoms in total. The first-order valence-corrected chi connectivity index (χ1v) is 7.25. The fourth-order valence-electron chi connectivity index (χ4n) is 2.44. The Labute approximate surface area is 127 Å². The third-order valence-corrected chi connectivity index (χ3v) is 3.95. The summed E-state index contributed by atoms with van der Waals surface area (Å²) in [6.07, 6.45) is 3.61. The van der Waals surface area contributed by atoms with Crippen LogP contribution >= 0.6 is 23.2 Å². The van der Waals surface area contributed by atoms with E-state index in [2.05, 4.69) is 21.5 Å². The van der Waals surface area contributed by atoms with Crippen LogP contribution in [0, 0.1) is 0 Å². The molecule has 0 saturated carbocycles. The second kappa shape index (κ2) is 5.43. The first-order valence-electron chi connectivity index (χ1n) is 6.33. The number of benzene rings is 1. The molecule has 2 aromatic heterocycles. The van der Waals surface area contributed by atoms with Crippen molar-refractivity contribution in [2.45, 2.75) is 18.8 Å². The lowest BCUT2D eigenvalue weighted by Crippen LogP contribution is -2.10. The Morgan fingerprint density at radius 2 is 2.10 bits per heavy atom. The lowest BCUT2D eigenvalue weighted by atomic mass is 10.1. The van der Waals surface area contributed by atoms with E-state index in [0.29, 0.717) is 10.9 Å². The highest BCUT2D eigenvalue weighted by Gasteiger charge is 2.18. The summed E-state index contributed by atoms with van der Waals surface area (Å²) in [4.78, 5) is 8.74. The first-order chi connectivity index (χ1) is 9.72. The Balaban J connectivity index is 2.24. The molecule has 3 aromatic rings. The molecule has 20 heavy (non-hydrogen) atoms. The van der Waals surface area contributed by atoms with Gasteiger partial charge in [0.2, 0.25) is 0 Å². The van der Waals surface area contributed by atoms with Crippen LogP contribution in [0.3, 0.4) is 0 Å². The third-order valence-electron chi connectivity index (χ3n) is 3.41. The van der Waals surface area contributed by atoms with Gasteiger partial charge in [-0.25, -0.2) is 4.98 Å². The standard InChI is InChI=1S/C15H13Cl2N3/c1-10(11-4-3-7-18-9-11)20-14(8-16)19-13-6-2-5-12(17)15(13)20/h2-7,9-10H,8H2,1H3. The van der Waals surface area contributed by atoms with Crippen LogP contribution < -0.4 is 0 Å². The van der Waals surface area contributed by atoms with Gasteiger partial charge in [-0.3, -0.25) is 4.98 Å². The summed E-state index contributed by atoms with van der Waals surface area (Å²) in [6.45, 7) is 2.09. The van der Waals surface area contributed by atoms with Gasteiger partial charge >= 0.3 is 0 Å². The van der Waals surface area contributed by atoms with Gasteiger partial charge in [0.05, 0.1) is 28.0 Å². The van der Waals surface area contributed by atoms with Crippen LogP contribution in [0.25, 0.3) is 11.0 Å². The van der Waals surface area contributed by atoms with E-state index in [1.165, 1.54) is 0 Å². The van der Waals surface area contributed by atoms with Gasteiger partial charge in [0.1, 0.15) is 5.82 Å². The van der Waals surface area contributed by atoms with E-state index in [1.807, 2.05) is 36.5 Å². The maximum atomic E-state index is 6.34. The van der Waals surface area contributed by atoms with Crippen molar-refractivity contribution in [3.63, 3.8) is 0 Å². The zero-order valence-electron chi connectivity index (χ0n) is 10.9. The summed E-state index contributed by atoms with van der Waals surface area (Å²) in [5.41, 5.74) is 2.88. The molecule has 0 N–H and O–H groups in total. The molecule has 0 fully saturated rings. The molecular formula is C15H13Cl2N3. The minimum Gasteiger partial charge on any atom is -0.318 e. The number of fused-ring (bicyclic) bond motifs is 1. The van der Waals surface area contributed by atoms with Crippen LogP contribution in [0.15, 0.2) is 42.7 Å². The molecule has 0 spiro atoms. The molecule has 0 amide bonds. The number of nitrogens with zero attached hydrogens (tertiary/aromatic N) is 3. The van der Waals surface area contributed by atoms with E-state index < -0.39 is 0 Å². The Hall–Kier alpha value is -1.58. The molecule has 0 bridgehead atoms. The second-order valence-corrected chi connectivity index (χ2v) is 5.28. The smallest absolute Gasteiger partial charge is 0.125 e. The van der Waals surface area contributed by atoms with Crippen LogP contribution in [0.2, 0.25) is 5.02 Å². The molecule has 1 aromatic carbocycles. The van der Waals surface area contributed by atoms with Crippen LogP contribution in [-0.2, 0) is 5.88 Å². The SMILES string of the molecule is CC(c1cccnc1)n1c(CCl)nc2cccc(Cl)c21. The minimum atomic E-state index is 0.0716. The summed E-state index contributed by atoms with van der Waals surface area (Å²) < 4.78 is 2.08. The van der Waals surface area contributed by atoms with Gasteiger partial charge in [-0.2, -0.15) is 0 Å². The Kier molecular flexibility index (Phi) is 3.64. The molecule has 0 radical (unpaired) electrons. The Morgan fingerprint density at radius 3 is 2.80 bits per heavy atom. The van der Waals surface area contributed by atoms with Crippen molar-refractivity contribution in [1.82, 2.24) is 14.5 Å². The minimum absolute atomic E-state index is 0.0716. The van der Waals surface area contributed by atoms with Gasteiger partial charge in [0, 0.05) is 12.4 Å². The van der Waals surface area contributed by atoms with Crippen molar-refractivity contribution >= 4 is 34.2 Å². The van der Waals surface area contributed by atoms with E-state index in [1.54, 1.807) is 6.20 Å². The van der Waals surface area contributed by atoms with Crippen molar-refractivity contribution in [3.05, 3.63) is 59.1 Å². The second-order valence-electron chi connectivity index (χ2n) is 4.60. The summed E-state index contributed by atoms with van der Waals surface area (Å²) >= 11 is 12.4. The van der Waals surface area contributed by atoms with Crippen LogP contribution in [0.4, 0.5) is 0 Å². The molecule has 2 heterocycles. The van der Waals surface area contributed by atoms with Gasteiger partial charge in [0.15, 0.2) is 0 Å². The molecule has 5 heteroatoms. The van der Waals surface area contributed by atoms with Crippen LogP contribution in [-0.4, -0.2) is 14.5 Å². The number of alkyl halides is 1. The zero-order valence-corrected chi connectivity index (χ0v) is 12.4. The number of imidazole rings is 1. The van der Waals surface area contributed by atoms with Crippen molar-refractivity contribution in [2.24, 2.45) is 0 Å². The highest BCUT2D eigenvalue weighted by Crippen LogP contribution is 2.30. The fourth-order valence-corrected chi connectivity index (χ4v) is 2.89. The molecule has 3 rings (SSSR count). The topological polar surface area (TPSA) is 30.7 Å². The van der Waals surface area contributed by atoms with E-state index in [-0.39, 0.29) is 6.04 Å². The molecular weight excluding hydrogens is 293 g/mol. The molecule has 1 atom stereocenters. The predicted octanol–water partition coefficient (Wildman–Crippen LogP) is 4.43. The van der Waals surface area contributed by atoms with Crippen molar-refractivity contribution < 1.29 is 0 Å². The average molecular weight is 306 g/mol. The number of para-hydroxylation sites is 1. The lowest BCUT2D eigenvalue weighted by Gasteiger charge is -2.17. The van der Waals surface area contributed by atoms with Gasteiger partial charge in [0.25, 0.3) is 0 Å². The van der Waals surface area contributed by atoms with Crippen LogP contribution in [0.1, 0.15) is 24.4 Å². The largest absolute Gasteiger partial charge is 0.318 e. The molecule has 0 aliphatic rings. The lowest BCUT2D eigenvalue weighted by molar-refractivity contribution is 0.631. The van der Waals surface area contributed by atoms with Crippen molar-refractivity contribution in [2.75, 3.05) is 0 Å². The van der Waals surface area contributed by atoms with Crippen molar-refractivity contribution in [3.8, 4) is 0 Å². The normalized spacial score (nSPS) is 12.8. The Morgan fingerprint density at radius 1 is 1.25 bits per heavy atom. The zero-order chi connectivity index (χ0) is 14.1. The van der Waals surface area contributed by atoms with E-state index in [4.69, 9.17) is 23.2 Å². The average Bonchev–Trinajstić information content (AvgIpc) is 2.87. The summed E-state index contributed by atoms with van der Waals surface area (Å²) in [5.74, 6) is 1.15. The maximum absolute atomic E-state index is 6.34. The highest BCUT2D eigenvalue weighted by atomic mass is 35.5. The molecule has 0 aliphatic carbocycles. The number of hydrogen-bond donors (Lipinski definition) is 0. The highest BCUT2D eigenvalue weighted by molar-refractivity contribution is 6.35. The maximum Gasteiger partial charge on any atom is 0.125 e. The van der Waals surface area contributed by atoms with E-state index >= 15 is 0 Å². The number of rotatable bonds is 3. The van der Waals surface area contributed by atoms with E-state index in [0.717, 1.165) is 22.4 Å². The van der Waals surface area contributed by atoms with Crippen molar-refractivity contribution in [1.29, 1.82) is 0 Å².